The fraction of sp³-hybridized carbons (Fsp3) is 1.00. The Morgan fingerprint density at radius 1 is 1.12 bits per heavy atom. The van der Waals surface area contributed by atoms with Gasteiger partial charge in [-0.2, -0.15) is 11.8 Å². The molecule has 1 saturated heterocycles. The van der Waals surface area contributed by atoms with Gasteiger partial charge in [-0.25, -0.2) is 0 Å². The van der Waals surface area contributed by atoms with Gasteiger partial charge in [0.2, 0.25) is 0 Å². The quantitative estimate of drug-likeness (QED) is 0.641. The molecule has 1 atom stereocenters. The van der Waals surface area contributed by atoms with Crippen molar-refractivity contribution in [3.8, 4) is 0 Å². The summed E-state index contributed by atoms with van der Waals surface area (Å²) in [5.74, 6) is 2.72. The maximum Gasteiger partial charge on any atom is 0.00852 e. The highest BCUT2D eigenvalue weighted by Crippen LogP contribution is 2.18. The SMILES string of the molecule is CCCCCCCC(C)NC1CCSCC1. The van der Waals surface area contributed by atoms with Crippen LogP contribution in [-0.2, 0) is 0 Å². The fourth-order valence-corrected chi connectivity index (χ4v) is 3.51. The molecule has 0 aromatic heterocycles. The van der Waals surface area contributed by atoms with Crippen LogP contribution < -0.4 is 5.32 Å². The molecule has 0 aliphatic carbocycles. The van der Waals surface area contributed by atoms with E-state index in [4.69, 9.17) is 0 Å². The van der Waals surface area contributed by atoms with E-state index in [2.05, 4.69) is 30.9 Å². The summed E-state index contributed by atoms with van der Waals surface area (Å²) in [5.41, 5.74) is 0. The summed E-state index contributed by atoms with van der Waals surface area (Å²) < 4.78 is 0. The summed E-state index contributed by atoms with van der Waals surface area (Å²) >= 11 is 2.11. The third-order valence-corrected chi connectivity index (χ3v) is 4.53. The zero-order valence-electron chi connectivity index (χ0n) is 11.1. The lowest BCUT2D eigenvalue weighted by Gasteiger charge is -2.26. The zero-order chi connectivity index (χ0) is 11.6. The molecule has 0 amide bonds. The Bertz CT molecular complexity index is 155. The Morgan fingerprint density at radius 2 is 1.81 bits per heavy atom. The third kappa shape index (κ3) is 6.80. The molecular formula is C14H29NS. The number of rotatable bonds is 8. The van der Waals surface area contributed by atoms with Crippen LogP contribution >= 0.6 is 11.8 Å². The van der Waals surface area contributed by atoms with Gasteiger partial charge in [0.25, 0.3) is 0 Å². The number of hydrogen-bond donors (Lipinski definition) is 1. The molecule has 96 valence electrons. The van der Waals surface area contributed by atoms with Gasteiger partial charge in [0.1, 0.15) is 0 Å². The van der Waals surface area contributed by atoms with Crippen molar-refractivity contribution in [1.29, 1.82) is 0 Å². The van der Waals surface area contributed by atoms with E-state index in [9.17, 15) is 0 Å². The highest BCUT2D eigenvalue weighted by Gasteiger charge is 2.15. The Kier molecular flexibility index (Phi) is 8.40. The lowest BCUT2D eigenvalue weighted by atomic mass is 10.1. The van der Waals surface area contributed by atoms with Crippen LogP contribution in [0.4, 0.5) is 0 Å². The number of nitrogens with one attached hydrogen (secondary N) is 1. The molecule has 0 spiro atoms. The van der Waals surface area contributed by atoms with Crippen molar-refractivity contribution in [3.05, 3.63) is 0 Å². The molecule has 1 rings (SSSR count). The molecule has 16 heavy (non-hydrogen) atoms. The van der Waals surface area contributed by atoms with Gasteiger partial charge < -0.3 is 5.32 Å². The predicted molar refractivity (Wildman–Crippen MR) is 76.3 cm³/mol. The topological polar surface area (TPSA) is 12.0 Å². The van der Waals surface area contributed by atoms with Crippen LogP contribution in [0.3, 0.4) is 0 Å². The zero-order valence-corrected chi connectivity index (χ0v) is 12.0. The molecular weight excluding hydrogens is 214 g/mol. The second kappa shape index (κ2) is 9.35. The van der Waals surface area contributed by atoms with Crippen LogP contribution in [0, 0.1) is 0 Å². The Balaban J connectivity index is 1.95. The first-order valence-corrected chi connectivity index (χ1v) is 8.32. The molecule has 1 aliphatic heterocycles. The molecule has 0 aromatic rings. The summed E-state index contributed by atoms with van der Waals surface area (Å²) in [4.78, 5) is 0. The van der Waals surface area contributed by atoms with Gasteiger partial charge in [0.15, 0.2) is 0 Å². The second-order valence-corrected chi connectivity index (χ2v) is 6.38. The number of thioether (sulfide) groups is 1. The highest BCUT2D eigenvalue weighted by atomic mass is 32.2. The van der Waals surface area contributed by atoms with Crippen LogP contribution in [0.1, 0.15) is 65.2 Å². The average molecular weight is 243 g/mol. The van der Waals surface area contributed by atoms with E-state index in [1.807, 2.05) is 0 Å². The first-order chi connectivity index (χ1) is 7.83. The molecule has 1 aliphatic rings. The Hall–Kier alpha value is 0.310. The average Bonchev–Trinajstić information content (AvgIpc) is 2.30. The van der Waals surface area contributed by atoms with Gasteiger partial charge in [-0.15, -0.1) is 0 Å². The first kappa shape index (κ1) is 14.4. The maximum absolute atomic E-state index is 3.80. The van der Waals surface area contributed by atoms with Crippen molar-refractivity contribution in [2.24, 2.45) is 0 Å². The van der Waals surface area contributed by atoms with Gasteiger partial charge in [-0.05, 0) is 37.7 Å². The van der Waals surface area contributed by atoms with E-state index in [0.29, 0.717) is 0 Å². The summed E-state index contributed by atoms with van der Waals surface area (Å²) in [6.07, 6.45) is 11.2. The van der Waals surface area contributed by atoms with Crippen LogP contribution in [0.5, 0.6) is 0 Å². The van der Waals surface area contributed by atoms with E-state index in [1.165, 1.54) is 62.9 Å². The van der Waals surface area contributed by atoms with Gasteiger partial charge in [0.05, 0.1) is 0 Å². The molecule has 0 aromatic carbocycles. The number of hydrogen-bond acceptors (Lipinski definition) is 2. The lowest BCUT2D eigenvalue weighted by Crippen LogP contribution is -2.38. The summed E-state index contributed by atoms with van der Waals surface area (Å²) in [7, 11) is 0. The van der Waals surface area contributed by atoms with Gasteiger partial charge in [0, 0.05) is 12.1 Å². The summed E-state index contributed by atoms with van der Waals surface area (Å²) in [6, 6.07) is 1.54. The minimum Gasteiger partial charge on any atom is -0.311 e. The molecule has 0 saturated carbocycles. The highest BCUT2D eigenvalue weighted by molar-refractivity contribution is 7.99. The molecule has 1 N–H and O–H groups in total. The Morgan fingerprint density at radius 3 is 2.50 bits per heavy atom. The van der Waals surface area contributed by atoms with E-state index in [1.54, 1.807) is 0 Å². The summed E-state index contributed by atoms with van der Waals surface area (Å²) in [5, 5.41) is 3.80. The van der Waals surface area contributed by atoms with Crippen molar-refractivity contribution in [2.45, 2.75) is 77.3 Å². The smallest absolute Gasteiger partial charge is 0.00852 e. The standard InChI is InChI=1S/C14H29NS/c1-3-4-5-6-7-8-13(2)15-14-9-11-16-12-10-14/h13-15H,3-12H2,1-2H3. The van der Waals surface area contributed by atoms with E-state index >= 15 is 0 Å². The van der Waals surface area contributed by atoms with Crippen LogP contribution in [0.25, 0.3) is 0 Å². The van der Waals surface area contributed by atoms with Crippen molar-refractivity contribution < 1.29 is 0 Å². The van der Waals surface area contributed by atoms with Crippen molar-refractivity contribution in [2.75, 3.05) is 11.5 Å². The largest absolute Gasteiger partial charge is 0.311 e. The molecule has 1 unspecified atom stereocenters. The molecule has 1 fully saturated rings. The normalized spacial score (nSPS) is 19.9. The Labute approximate surface area is 106 Å². The fourth-order valence-electron chi connectivity index (χ4n) is 2.40. The molecule has 1 heterocycles. The van der Waals surface area contributed by atoms with E-state index in [-0.39, 0.29) is 0 Å². The maximum atomic E-state index is 3.80. The first-order valence-electron chi connectivity index (χ1n) is 7.16. The van der Waals surface area contributed by atoms with E-state index < -0.39 is 0 Å². The lowest BCUT2D eigenvalue weighted by molar-refractivity contribution is 0.396. The molecule has 1 nitrogen and oxygen atoms in total. The van der Waals surface area contributed by atoms with Crippen LogP contribution in [0.15, 0.2) is 0 Å². The predicted octanol–water partition coefficient (Wildman–Crippen LogP) is 4.22. The third-order valence-electron chi connectivity index (χ3n) is 3.48. The van der Waals surface area contributed by atoms with E-state index in [0.717, 1.165) is 12.1 Å². The molecule has 0 radical (unpaired) electrons. The van der Waals surface area contributed by atoms with Crippen LogP contribution in [-0.4, -0.2) is 23.6 Å². The van der Waals surface area contributed by atoms with Gasteiger partial charge in [-0.1, -0.05) is 39.0 Å². The van der Waals surface area contributed by atoms with Crippen molar-refractivity contribution in [1.82, 2.24) is 5.32 Å². The second-order valence-electron chi connectivity index (χ2n) is 5.16. The van der Waals surface area contributed by atoms with Crippen molar-refractivity contribution >= 4 is 11.8 Å². The minimum absolute atomic E-state index is 0.731. The van der Waals surface area contributed by atoms with Crippen LogP contribution in [0.2, 0.25) is 0 Å². The number of unbranched alkanes of at least 4 members (excludes halogenated alkanes) is 4. The molecule has 2 heteroatoms. The summed E-state index contributed by atoms with van der Waals surface area (Å²) in [6.45, 7) is 4.65. The molecule has 0 bridgehead atoms. The van der Waals surface area contributed by atoms with Gasteiger partial charge >= 0.3 is 0 Å². The minimum atomic E-state index is 0.731. The monoisotopic (exact) mass is 243 g/mol. The van der Waals surface area contributed by atoms with Crippen molar-refractivity contribution in [3.63, 3.8) is 0 Å². The van der Waals surface area contributed by atoms with Gasteiger partial charge in [-0.3, -0.25) is 0 Å².